The second-order valence-electron chi connectivity index (χ2n) is 10.7. The SMILES string of the molecule is CCCC(C)Cc1c(-c2ccc(C)c(Cl)c2)c(C(=O)NC(CC(C)C)C(N)=O)c(C)n1CCCOP(=O)(O)O. The van der Waals surface area contributed by atoms with E-state index in [9.17, 15) is 14.2 Å². The molecule has 39 heavy (non-hydrogen) atoms. The van der Waals surface area contributed by atoms with Crippen molar-refractivity contribution in [2.45, 2.75) is 86.2 Å². The highest BCUT2D eigenvalue weighted by molar-refractivity contribution is 7.46. The number of amides is 2. The van der Waals surface area contributed by atoms with Crippen molar-refractivity contribution in [3.63, 3.8) is 0 Å². The largest absolute Gasteiger partial charge is 0.469 e. The standard InChI is InChI=1S/C28H43ClN3O6P/c1-7-9-18(4)15-24-26(21-11-10-19(5)22(29)16-21)25(28(34)31-23(27(30)33)14-17(2)3)20(6)32(24)12-8-13-38-39(35,36)37/h10-11,16-18,23H,7-9,12-15H2,1-6H3,(H2,30,33)(H,31,34)(H2,35,36,37). The molecule has 5 N–H and O–H groups in total. The van der Waals surface area contributed by atoms with Crippen LogP contribution in [0.4, 0.5) is 0 Å². The molecular formula is C28H43ClN3O6P. The maximum absolute atomic E-state index is 13.9. The minimum absolute atomic E-state index is 0.142. The fraction of sp³-hybridized carbons (Fsp3) is 0.571. The molecule has 0 fully saturated rings. The van der Waals surface area contributed by atoms with Gasteiger partial charge in [0.25, 0.3) is 5.91 Å². The number of nitrogens with two attached hydrogens (primary N) is 1. The van der Waals surface area contributed by atoms with Crippen LogP contribution in [0.25, 0.3) is 11.1 Å². The van der Waals surface area contributed by atoms with Crippen LogP contribution >= 0.6 is 19.4 Å². The summed E-state index contributed by atoms with van der Waals surface area (Å²) in [7, 11) is -4.59. The van der Waals surface area contributed by atoms with Crippen LogP contribution in [0, 0.1) is 25.7 Å². The van der Waals surface area contributed by atoms with Crippen molar-refractivity contribution in [1.82, 2.24) is 9.88 Å². The number of nitrogens with zero attached hydrogens (tertiary/aromatic N) is 1. The number of hydrogen-bond acceptors (Lipinski definition) is 4. The molecule has 0 aliphatic heterocycles. The number of halogens is 1. The summed E-state index contributed by atoms with van der Waals surface area (Å²) in [6.07, 6.45) is 3.40. The van der Waals surface area contributed by atoms with Gasteiger partial charge in [0.05, 0.1) is 12.2 Å². The van der Waals surface area contributed by atoms with Gasteiger partial charge in [0.15, 0.2) is 0 Å². The molecule has 1 aromatic carbocycles. The van der Waals surface area contributed by atoms with Gasteiger partial charge in [-0.3, -0.25) is 14.1 Å². The molecule has 218 valence electrons. The number of aromatic nitrogens is 1. The van der Waals surface area contributed by atoms with Crippen LogP contribution in [0.15, 0.2) is 18.2 Å². The smallest absolute Gasteiger partial charge is 0.368 e. The first-order valence-corrected chi connectivity index (χ1v) is 15.4. The van der Waals surface area contributed by atoms with E-state index in [0.29, 0.717) is 48.0 Å². The lowest BCUT2D eigenvalue weighted by Crippen LogP contribution is -2.45. The van der Waals surface area contributed by atoms with Crippen LogP contribution in [0.1, 0.15) is 80.7 Å². The van der Waals surface area contributed by atoms with E-state index in [-0.39, 0.29) is 12.5 Å². The van der Waals surface area contributed by atoms with Gasteiger partial charge in [-0.25, -0.2) is 4.57 Å². The first-order chi connectivity index (χ1) is 18.2. The average molecular weight is 584 g/mol. The van der Waals surface area contributed by atoms with E-state index in [1.807, 2.05) is 50.5 Å². The normalized spacial score (nSPS) is 13.5. The predicted molar refractivity (Wildman–Crippen MR) is 155 cm³/mol. The zero-order chi connectivity index (χ0) is 29.5. The van der Waals surface area contributed by atoms with Crippen molar-refractivity contribution >= 4 is 31.2 Å². The third-order valence-electron chi connectivity index (χ3n) is 6.78. The Morgan fingerprint density at radius 1 is 1.21 bits per heavy atom. The van der Waals surface area contributed by atoms with Crippen LogP contribution in [0.3, 0.4) is 0 Å². The van der Waals surface area contributed by atoms with Crippen LogP contribution in [-0.2, 0) is 26.8 Å². The Kier molecular flexibility index (Phi) is 12.3. The molecule has 2 unspecified atom stereocenters. The van der Waals surface area contributed by atoms with E-state index < -0.39 is 25.7 Å². The van der Waals surface area contributed by atoms with Crippen LogP contribution < -0.4 is 11.1 Å². The van der Waals surface area contributed by atoms with Gasteiger partial charge in [0, 0.05) is 28.5 Å². The summed E-state index contributed by atoms with van der Waals surface area (Å²) in [5.41, 5.74) is 10.1. The first kappa shape index (κ1) is 33.0. The van der Waals surface area contributed by atoms with E-state index in [4.69, 9.17) is 27.1 Å². The molecule has 2 atom stereocenters. The molecule has 2 rings (SSSR count). The van der Waals surface area contributed by atoms with Crippen molar-refractivity contribution < 1.29 is 28.5 Å². The Labute approximate surface area is 236 Å². The van der Waals surface area contributed by atoms with E-state index in [2.05, 4.69) is 23.7 Å². The Balaban J connectivity index is 2.70. The highest BCUT2D eigenvalue weighted by Gasteiger charge is 2.29. The molecule has 0 aliphatic carbocycles. The molecule has 9 nitrogen and oxygen atoms in total. The highest BCUT2D eigenvalue weighted by atomic mass is 35.5. The summed E-state index contributed by atoms with van der Waals surface area (Å²) < 4.78 is 17.9. The van der Waals surface area contributed by atoms with Crippen molar-refractivity contribution in [1.29, 1.82) is 0 Å². The van der Waals surface area contributed by atoms with Gasteiger partial charge in [-0.2, -0.15) is 0 Å². The minimum atomic E-state index is -4.59. The maximum atomic E-state index is 13.9. The molecule has 0 radical (unpaired) electrons. The Hall–Kier alpha value is -2.16. The number of carbonyl (C=O) groups is 2. The second kappa shape index (κ2) is 14.5. The van der Waals surface area contributed by atoms with Gasteiger partial charge in [0.2, 0.25) is 5.91 Å². The number of aryl methyl sites for hydroxylation is 1. The lowest BCUT2D eigenvalue weighted by Gasteiger charge is -2.18. The zero-order valence-electron chi connectivity index (χ0n) is 23.8. The van der Waals surface area contributed by atoms with Gasteiger partial charge in [-0.1, -0.05) is 64.3 Å². The number of phosphoric ester groups is 1. The molecular weight excluding hydrogens is 541 g/mol. The summed E-state index contributed by atoms with van der Waals surface area (Å²) >= 11 is 6.52. The van der Waals surface area contributed by atoms with Crippen LogP contribution in [0.2, 0.25) is 5.02 Å². The van der Waals surface area contributed by atoms with Crippen molar-refractivity contribution in [2.24, 2.45) is 17.6 Å². The fourth-order valence-corrected chi connectivity index (χ4v) is 5.48. The topological polar surface area (TPSA) is 144 Å². The van der Waals surface area contributed by atoms with Crippen LogP contribution in [-0.4, -0.2) is 38.8 Å². The monoisotopic (exact) mass is 583 g/mol. The molecule has 0 saturated carbocycles. The van der Waals surface area contributed by atoms with Crippen molar-refractivity contribution in [3.8, 4) is 11.1 Å². The van der Waals surface area contributed by atoms with Gasteiger partial charge < -0.3 is 25.4 Å². The number of carbonyl (C=O) groups excluding carboxylic acids is 2. The van der Waals surface area contributed by atoms with Crippen molar-refractivity contribution in [3.05, 3.63) is 45.7 Å². The maximum Gasteiger partial charge on any atom is 0.469 e. The summed E-state index contributed by atoms with van der Waals surface area (Å²) in [5.74, 6) is -0.550. The number of primary amides is 1. The number of phosphoric acid groups is 1. The fourth-order valence-electron chi connectivity index (χ4n) is 4.93. The molecule has 0 saturated heterocycles. The highest BCUT2D eigenvalue weighted by Crippen LogP contribution is 2.38. The molecule has 0 spiro atoms. The molecule has 0 bridgehead atoms. The molecule has 2 aromatic rings. The molecule has 2 amide bonds. The number of hydrogen-bond donors (Lipinski definition) is 4. The molecule has 1 heterocycles. The first-order valence-electron chi connectivity index (χ1n) is 13.4. The molecule has 11 heteroatoms. The third-order valence-corrected chi connectivity index (χ3v) is 7.71. The second-order valence-corrected chi connectivity index (χ2v) is 12.4. The summed E-state index contributed by atoms with van der Waals surface area (Å²) in [4.78, 5) is 44.2. The lowest BCUT2D eigenvalue weighted by atomic mass is 9.92. The van der Waals surface area contributed by atoms with Gasteiger partial charge in [-0.05, 0) is 62.1 Å². The van der Waals surface area contributed by atoms with Crippen molar-refractivity contribution in [2.75, 3.05) is 6.61 Å². The Bertz CT molecular complexity index is 1210. The number of nitrogens with one attached hydrogen (secondary N) is 1. The van der Waals surface area contributed by atoms with Gasteiger partial charge >= 0.3 is 7.82 Å². The molecule has 1 aromatic heterocycles. The van der Waals surface area contributed by atoms with E-state index >= 15 is 0 Å². The lowest BCUT2D eigenvalue weighted by molar-refractivity contribution is -0.120. The zero-order valence-corrected chi connectivity index (χ0v) is 25.4. The van der Waals surface area contributed by atoms with E-state index in [1.54, 1.807) is 0 Å². The predicted octanol–water partition coefficient (Wildman–Crippen LogP) is 5.53. The summed E-state index contributed by atoms with van der Waals surface area (Å²) in [6, 6.07) is 4.86. The molecule has 0 aliphatic rings. The average Bonchev–Trinajstić information content (AvgIpc) is 3.08. The Morgan fingerprint density at radius 3 is 2.41 bits per heavy atom. The number of benzene rings is 1. The van der Waals surface area contributed by atoms with Gasteiger partial charge in [0.1, 0.15) is 6.04 Å². The minimum Gasteiger partial charge on any atom is -0.368 e. The van der Waals surface area contributed by atoms with E-state index in [1.165, 1.54) is 0 Å². The van der Waals surface area contributed by atoms with Gasteiger partial charge in [-0.15, -0.1) is 0 Å². The summed E-state index contributed by atoms with van der Waals surface area (Å²) in [6.45, 7) is 12.2. The quantitative estimate of drug-likeness (QED) is 0.160. The third kappa shape index (κ3) is 9.47. The van der Waals surface area contributed by atoms with Crippen LogP contribution in [0.5, 0.6) is 0 Å². The summed E-state index contributed by atoms with van der Waals surface area (Å²) in [5, 5.41) is 3.43. The Morgan fingerprint density at radius 2 is 1.87 bits per heavy atom. The van der Waals surface area contributed by atoms with E-state index in [0.717, 1.165) is 35.2 Å². The number of rotatable bonds is 15.